The smallest absolute Gasteiger partial charge is 0.0459 e. The SMILES string of the molecule is CCN(CC)C1CNc2cccc(Cl)c2C1. The predicted molar refractivity (Wildman–Crippen MR) is 70.4 cm³/mol. The Morgan fingerprint density at radius 3 is 2.81 bits per heavy atom. The highest BCUT2D eigenvalue weighted by Crippen LogP contribution is 2.29. The molecule has 1 heterocycles. The third-order valence-electron chi connectivity index (χ3n) is 3.42. The summed E-state index contributed by atoms with van der Waals surface area (Å²) in [6.07, 6.45) is 1.06. The van der Waals surface area contributed by atoms with E-state index in [-0.39, 0.29) is 0 Å². The Kier molecular flexibility index (Phi) is 3.72. The molecule has 2 rings (SSSR count). The topological polar surface area (TPSA) is 15.3 Å². The second-order valence-electron chi connectivity index (χ2n) is 4.23. The Morgan fingerprint density at radius 2 is 2.12 bits per heavy atom. The van der Waals surface area contributed by atoms with Crippen LogP contribution in [0.4, 0.5) is 5.69 Å². The first-order chi connectivity index (χ1) is 7.76. The number of fused-ring (bicyclic) bond motifs is 1. The molecule has 1 aromatic carbocycles. The average molecular weight is 239 g/mol. The summed E-state index contributed by atoms with van der Waals surface area (Å²) < 4.78 is 0. The lowest BCUT2D eigenvalue weighted by Gasteiger charge is -2.34. The van der Waals surface area contributed by atoms with Crippen LogP contribution in [0.25, 0.3) is 0 Å². The number of benzene rings is 1. The Labute approximate surface area is 103 Å². The number of likely N-dealkylation sites (N-methyl/N-ethyl adjacent to an activating group) is 1. The minimum absolute atomic E-state index is 0.572. The summed E-state index contributed by atoms with van der Waals surface area (Å²) in [6.45, 7) is 7.65. The van der Waals surface area contributed by atoms with Gasteiger partial charge in [0.05, 0.1) is 0 Å². The molecular formula is C13H19ClN2. The molecule has 3 heteroatoms. The molecular weight excluding hydrogens is 220 g/mol. The van der Waals surface area contributed by atoms with Crippen LogP contribution in [0.5, 0.6) is 0 Å². The predicted octanol–water partition coefficient (Wildman–Crippen LogP) is 3.02. The summed E-state index contributed by atoms with van der Waals surface area (Å²) >= 11 is 6.24. The minimum Gasteiger partial charge on any atom is -0.383 e. The van der Waals surface area contributed by atoms with E-state index >= 15 is 0 Å². The van der Waals surface area contributed by atoms with E-state index in [1.807, 2.05) is 12.1 Å². The average Bonchev–Trinajstić information content (AvgIpc) is 2.32. The molecule has 1 unspecified atom stereocenters. The van der Waals surface area contributed by atoms with E-state index in [1.165, 1.54) is 11.3 Å². The third-order valence-corrected chi connectivity index (χ3v) is 3.77. The molecule has 16 heavy (non-hydrogen) atoms. The molecule has 0 bridgehead atoms. The lowest BCUT2D eigenvalue weighted by atomic mass is 9.98. The van der Waals surface area contributed by atoms with Crippen molar-refractivity contribution in [3.8, 4) is 0 Å². The van der Waals surface area contributed by atoms with Crippen LogP contribution in [0.15, 0.2) is 18.2 Å². The quantitative estimate of drug-likeness (QED) is 0.871. The van der Waals surface area contributed by atoms with Crippen molar-refractivity contribution in [2.24, 2.45) is 0 Å². The zero-order valence-corrected chi connectivity index (χ0v) is 10.7. The Morgan fingerprint density at radius 1 is 1.38 bits per heavy atom. The summed E-state index contributed by atoms with van der Waals surface area (Å²) in [7, 11) is 0. The second-order valence-corrected chi connectivity index (χ2v) is 4.63. The Hall–Kier alpha value is -0.730. The zero-order chi connectivity index (χ0) is 11.5. The van der Waals surface area contributed by atoms with Gasteiger partial charge in [-0.25, -0.2) is 0 Å². The molecule has 0 spiro atoms. The van der Waals surface area contributed by atoms with Crippen molar-refractivity contribution >= 4 is 17.3 Å². The molecule has 1 aromatic rings. The molecule has 0 saturated heterocycles. The van der Waals surface area contributed by atoms with Crippen LogP contribution < -0.4 is 5.32 Å². The van der Waals surface area contributed by atoms with Crippen LogP contribution in [0.2, 0.25) is 5.02 Å². The first kappa shape index (κ1) is 11.7. The van der Waals surface area contributed by atoms with Crippen LogP contribution in [-0.4, -0.2) is 30.6 Å². The highest BCUT2D eigenvalue weighted by atomic mass is 35.5. The van der Waals surface area contributed by atoms with E-state index in [0.717, 1.165) is 31.1 Å². The van der Waals surface area contributed by atoms with Crippen LogP contribution in [0.3, 0.4) is 0 Å². The number of rotatable bonds is 3. The summed E-state index contributed by atoms with van der Waals surface area (Å²) in [5, 5.41) is 4.37. The fourth-order valence-electron chi connectivity index (χ4n) is 2.47. The van der Waals surface area contributed by atoms with Gasteiger partial charge in [0.1, 0.15) is 0 Å². The molecule has 1 atom stereocenters. The lowest BCUT2D eigenvalue weighted by molar-refractivity contribution is 0.221. The van der Waals surface area contributed by atoms with E-state index < -0.39 is 0 Å². The van der Waals surface area contributed by atoms with E-state index in [1.54, 1.807) is 0 Å². The molecule has 0 fully saturated rings. The number of hydrogen-bond acceptors (Lipinski definition) is 2. The summed E-state index contributed by atoms with van der Waals surface area (Å²) in [5.41, 5.74) is 2.48. The largest absolute Gasteiger partial charge is 0.383 e. The molecule has 1 aliphatic rings. The standard InChI is InChI=1S/C13H19ClN2/c1-3-16(4-2)10-8-11-12(14)6-5-7-13(11)15-9-10/h5-7,10,15H,3-4,8-9H2,1-2H3. The van der Waals surface area contributed by atoms with Crippen molar-refractivity contribution in [2.45, 2.75) is 26.3 Å². The monoisotopic (exact) mass is 238 g/mol. The maximum absolute atomic E-state index is 6.24. The van der Waals surface area contributed by atoms with Crippen LogP contribution in [-0.2, 0) is 6.42 Å². The van der Waals surface area contributed by atoms with Crippen LogP contribution >= 0.6 is 11.6 Å². The molecule has 0 aliphatic carbocycles. The first-order valence-electron chi connectivity index (χ1n) is 6.01. The van der Waals surface area contributed by atoms with Crippen molar-refractivity contribution in [1.82, 2.24) is 4.90 Å². The van der Waals surface area contributed by atoms with Gasteiger partial charge in [0.15, 0.2) is 0 Å². The van der Waals surface area contributed by atoms with E-state index in [9.17, 15) is 0 Å². The molecule has 0 saturated carbocycles. The fraction of sp³-hybridized carbons (Fsp3) is 0.538. The number of anilines is 1. The summed E-state index contributed by atoms with van der Waals surface area (Å²) in [6, 6.07) is 6.67. The zero-order valence-electron chi connectivity index (χ0n) is 9.96. The molecule has 0 radical (unpaired) electrons. The van der Waals surface area contributed by atoms with Crippen molar-refractivity contribution in [3.05, 3.63) is 28.8 Å². The van der Waals surface area contributed by atoms with Gasteiger partial charge in [0.25, 0.3) is 0 Å². The number of halogens is 1. The number of nitrogens with one attached hydrogen (secondary N) is 1. The van der Waals surface area contributed by atoms with Gasteiger partial charge in [-0.15, -0.1) is 0 Å². The molecule has 0 amide bonds. The van der Waals surface area contributed by atoms with Gasteiger partial charge >= 0.3 is 0 Å². The third kappa shape index (κ3) is 2.18. The van der Waals surface area contributed by atoms with Crippen LogP contribution in [0, 0.1) is 0 Å². The Bertz CT molecular complexity index is 361. The maximum Gasteiger partial charge on any atom is 0.0459 e. The minimum atomic E-state index is 0.572. The van der Waals surface area contributed by atoms with E-state index in [2.05, 4.69) is 30.1 Å². The van der Waals surface area contributed by atoms with Crippen molar-refractivity contribution in [2.75, 3.05) is 25.0 Å². The van der Waals surface area contributed by atoms with Gasteiger partial charge < -0.3 is 5.32 Å². The van der Waals surface area contributed by atoms with Gasteiger partial charge in [0.2, 0.25) is 0 Å². The molecule has 0 aromatic heterocycles. The van der Waals surface area contributed by atoms with Crippen molar-refractivity contribution in [1.29, 1.82) is 0 Å². The number of hydrogen-bond donors (Lipinski definition) is 1. The van der Waals surface area contributed by atoms with Gasteiger partial charge in [-0.2, -0.15) is 0 Å². The van der Waals surface area contributed by atoms with Gasteiger partial charge in [-0.05, 0) is 37.2 Å². The summed E-state index contributed by atoms with van der Waals surface area (Å²) in [5.74, 6) is 0. The fourth-order valence-corrected chi connectivity index (χ4v) is 2.72. The van der Waals surface area contributed by atoms with Gasteiger partial charge in [0, 0.05) is 23.3 Å². The second kappa shape index (κ2) is 5.07. The van der Waals surface area contributed by atoms with Gasteiger partial charge in [-0.3, -0.25) is 4.90 Å². The Balaban J connectivity index is 2.19. The molecule has 1 aliphatic heterocycles. The highest BCUT2D eigenvalue weighted by molar-refractivity contribution is 6.31. The van der Waals surface area contributed by atoms with E-state index in [0.29, 0.717) is 6.04 Å². The molecule has 2 nitrogen and oxygen atoms in total. The normalized spacial score (nSPS) is 19.4. The van der Waals surface area contributed by atoms with Gasteiger partial charge in [-0.1, -0.05) is 31.5 Å². The van der Waals surface area contributed by atoms with E-state index in [4.69, 9.17) is 11.6 Å². The van der Waals surface area contributed by atoms with Crippen LogP contribution in [0.1, 0.15) is 19.4 Å². The van der Waals surface area contributed by atoms with Crippen molar-refractivity contribution < 1.29 is 0 Å². The highest BCUT2D eigenvalue weighted by Gasteiger charge is 2.23. The summed E-state index contributed by atoms with van der Waals surface area (Å²) in [4.78, 5) is 2.49. The maximum atomic E-state index is 6.24. The number of nitrogens with zero attached hydrogens (tertiary/aromatic N) is 1. The molecule has 1 N–H and O–H groups in total. The lowest BCUT2D eigenvalue weighted by Crippen LogP contribution is -2.43. The van der Waals surface area contributed by atoms with Crippen molar-refractivity contribution in [3.63, 3.8) is 0 Å². The molecule has 88 valence electrons. The first-order valence-corrected chi connectivity index (χ1v) is 6.39.